The maximum Gasteiger partial charge on any atom is 0.225 e. The maximum absolute atomic E-state index is 12.7. The first kappa shape index (κ1) is 19.3. The molecule has 2 aromatic rings. The van der Waals surface area contributed by atoms with E-state index in [2.05, 4.69) is 28.9 Å². The summed E-state index contributed by atoms with van der Waals surface area (Å²) >= 11 is 0. The molecule has 30 heavy (non-hydrogen) atoms. The monoisotopic (exact) mass is 405 g/mol. The molecular weight excluding hydrogens is 374 g/mol. The SMILES string of the molecule is CN(C)c1nc(N[C@H]2CC[C@@H](NC(=O)C3CC4C=CC3C4)CC2)nc2ccccc12. The van der Waals surface area contributed by atoms with Gasteiger partial charge in [-0.05, 0) is 62.5 Å². The molecule has 1 heterocycles. The van der Waals surface area contributed by atoms with Crippen LogP contribution in [0.15, 0.2) is 36.4 Å². The number of nitrogens with one attached hydrogen (secondary N) is 2. The molecule has 1 aromatic heterocycles. The van der Waals surface area contributed by atoms with Gasteiger partial charge in [-0.1, -0.05) is 24.3 Å². The number of nitrogens with zero attached hydrogens (tertiary/aromatic N) is 3. The molecular formula is C24H31N5O. The summed E-state index contributed by atoms with van der Waals surface area (Å²) in [4.78, 5) is 24.2. The third-order valence-corrected chi connectivity index (χ3v) is 7.03. The quantitative estimate of drug-likeness (QED) is 0.742. The Bertz CT molecular complexity index is 963. The van der Waals surface area contributed by atoms with Gasteiger partial charge in [-0.25, -0.2) is 4.98 Å². The number of aromatic nitrogens is 2. The van der Waals surface area contributed by atoms with Crippen molar-refractivity contribution in [2.75, 3.05) is 24.3 Å². The van der Waals surface area contributed by atoms with Crippen LogP contribution in [0.2, 0.25) is 0 Å². The van der Waals surface area contributed by atoms with Gasteiger partial charge in [-0.3, -0.25) is 4.79 Å². The van der Waals surface area contributed by atoms with Gasteiger partial charge in [-0.2, -0.15) is 4.98 Å². The predicted molar refractivity (Wildman–Crippen MR) is 121 cm³/mol. The zero-order chi connectivity index (χ0) is 20.7. The second kappa shape index (κ2) is 7.89. The van der Waals surface area contributed by atoms with Crippen molar-refractivity contribution in [1.29, 1.82) is 0 Å². The van der Waals surface area contributed by atoms with E-state index < -0.39 is 0 Å². The minimum atomic E-state index is 0.200. The Morgan fingerprint density at radius 3 is 2.47 bits per heavy atom. The average Bonchev–Trinajstić information content (AvgIpc) is 3.38. The Kier molecular flexibility index (Phi) is 5.09. The first-order valence-corrected chi connectivity index (χ1v) is 11.3. The number of carbonyl (C=O) groups is 1. The summed E-state index contributed by atoms with van der Waals surface area (Å²) < 4.78 is 0. The molecule has 158 valence electrons. The molecule has 3 unspecified atom stereocenters. The minimum Gasteiger partial charge on any atom is -0.362 e. The summed E-state index contributed by atoms with van der Waals surface area (Å²) in [7, 11) is 4.02. The van der Waals surface area contributed by atoms with E-state index in [0.29, 0.717) is 29.9 Å². The molecule has 6 heteroatoms. The molecule has 2 saturated carbocycles. The number of hydrogen-bond donors (Lipinski definition) is 2. The number of anilines is 2. The van der Waals surface area contributed by atoms with Crippen LogP contribution < -0.4 is 15.5 Å². The molecule has 2 fully saturated rings. The number of hydrogen-bond acceptors (Lipinski definition) is 5. The van der Waals surface area contributed by atoms with Crippen molar-refractivity contribution in [3.63, 3.8) is 0 Å². The van der Waals surface area contributed by atoms with Gasteiger partial charge in [0.05, 0.1) is 5.52 Å². The zero-order valence-electron chi connectivity index (χ0n) is 17.8. The Morgan fingerprint density at radius 1 is 1.00 bits per heavy atom. The normalized spacial score (nSPS) is 29.9. The summed E-state index contributed by atoms with van der Waals surface area (Å²) in [6, 6.07) is 8.78. The average molecular weight is 406 g/mol. The number of allylic oxidation sites excluding steroid dienone is 2. The number of para-hydroxylation sites is 1. The molecule has 0 aliphatic heterocycles. The smallest absolute Gasteiger partial charge is 0.225 e. The Balaban J connectivity index is 1.18. The van der Waals surface area contributed by atoms with Crippen molar-refractivity contribution < 1.29 is 4.79 Å². The minimum absolute atomic E-state index is 0.200. The standard InChI is InChI=1S/C24H31N5O/c1-29(2)22-19-5-3-4-6-21(19)27-24(28-22)26-18-11-9-17(10-12-18)25-23(30)20-14-15-7-8-16(20)13-15/h3-8,15-18,20H,9-14H2,1-2H3,(H,25,30)(H,26,27,28)/t15?,16?,17-,18+,20?. The van der Waals surface area contributed by atoms with Crippen LogP contribution in [0, 0.1) is 17.8 Å². The molecule has 3 aliphatic carbocycles. The lowest BCUT2D eigenvalue weighted by Crippen LogP contribution is -2.43. The van der Waals surface area contributed by atoms with Crippen molar-refractivity contribution >= 4 is 28.6 Å². The van der Waals surface area contributed by atoms with E-state index in [1.165, 1.54) is 6.42 Å². The molecule has 2 N–H and O–H groups in total. The van der Waals surface area contributed by atoms with Gasteiger partial charge in [0, 0.05) is 37.5 Å². The summed E-state index contributed by atoms with van der Waals surface area (Å²) in [5.74, 6) is 3.22. The lowest BCUT2D eigenvalue weighted by atomic mass is 9.89. The molecule has 3 aliphatic rings. The fraction of sp³-hybridized carbons (Fsp3) is 0.542. The van der Waals surface area contributed by atoms with Crippen molar-refractivity contribution in [3.8, 4) is 0 Å². The van der Waals surface area contributed by atoms with Crippen LogP contribution in [0.4, 0.5) is 11.8 Å². The number of rotatable bonds is 5. The van der Waals surface area contributed by atoms with Crippen molar-refractivity contribution in [2.24, 2.45) is 17.8 Å². The molecule has 3 atom stereocenters. The molecule has 2 bridgehead atoms. The van der Waals surface area contributed by atoms with Crippen LogP contribution in [-0.4, -0.2) is 42.1 Å². The third-order valence-electron chi connectivity index (χ3n) is 7.03. The van der Waals surface area contributed by atoms with Gasteiger partial charge in [0.2, 0.25) is 11.9 Å². The molecule has 1 amide bonds. The van der Waals surface area contributed by atoms with Gasteiger partial charge >= 0.3 is 0 Å². The lowest BCUT2D eigenvalue weighted by Gasteiger charge is -2.31. The largest absolute Gasteiger partial charge is 0.362 e. The van der Waals surface area contributed by atoms with Crippen LogP contribution in [0.5, 0.6) is 0 Å². The highest BCUT2D eigenvalue weighted by molar-refractivity contribution is 5.90. The Labute approximate surface area is 178 Å². The second-order valence-electron chi connectivity index (χ2n) is 9.37. The highest BCUT2D eigenvalue weighted by Gasteiger charge is 2.40. The highest BCUT2D eigenvalue weighted by atomic mass is 16.2. The lowest BCUT2D eigenvalue weighted by molar-refractivity contribution is -0.126. The third kappa shape index (κ3) is 3.75. The van der Waals surface area contributed by atoms with Crippen LogP contribution in [-0.2, 0) is 4.79 Å². The first-order chi connectivity index (χ1) is 14.6. The summed E-state index contributed by atoms with van der Waals surface area (Å²) in [6.45, 7) is 0. The van der Waals surface area contributed by atoms with Crippen molar-refractivity contribution in [1.82, 2.24) is 15.3 Å². The topological polar surface area (TPSA) is 70.2 Å². The molecule has 0 radical (unpaired) electrons. The summed E-state index contributed by atoms with van der Waals surface area (Å²) in [6.07, 6.45) is 10.8. The summed E-state index contributed by atoms with van der Waals surface area (Å²) in [5, 5.41) is 7.95. The molecule has 1 aromatic carbocycles. The molecule has 6 nitrogen and oxygen atoms in total. The fourth-order valence-corrected chi connectivity index (χ4v) is 5.42. The molecule has 0 saturated heterocycles. The predicted octanol–water partition coefficient (Wildman–Crippen LogP) is 3.75. The van der Waals surface area contributed by atoms with Crippen LogP contribution in [0.3, 0.4) is 0 Å². The maximum atomic E-state index is 12.7. The van der Waals surface area contributed by atoms with Crippen molar-refractivity contribution in [3.05, 3.63) is 36.4 Å². The highest BCUT2D eigenvalue weighted by Crippen LogP contribution is 2.43. The van der Waals surface area contributed by atoms with Gasteiger partial charge < -0.3 is 15.5 Å². The number of amides is 1. The van der Waals surface area contributed by atoms with E-state index in [1.807, 2.05) is 37.2 Å². The van der Waals surface area contributed by atoms with E-state index in [9.17, 15) is 4.79 Å². The van der Waals surface area contributed by atoms with Crippen LogP contribution in [0.1, 0.15) is 38.5 Å². The van der Waals surface area contributed by atoms with Gasteiger partial charge in [0.1, 0.15) is 5.82 Å². The molecule has 0 spiro atoms. The van der Waals surface area contributed by atoms with Gasteiger partial charge in [-0.15, -0.1) is 0 Å². The van der Waals surface area contributed by atoms with Crippen LogP contribution in [0.25, 0.3) is 10.9 Å². The van der Waals surface area contributed by atoms with E-state index in [1.54, 1.807) is 0 Å². The number of benzene rings is 1. The number of fused-ring (bicyclic) bond motifs is 3. The first-order valence-electron chi connectivity index (χ1n) is 11.3. The number of carbonyl (C=O) groups excluding carboxylic acids is 1. The summed E-state index contributed by atoms with van der Waals surface area (Å²) in [5.41, 5.74) is 0.958. The van der Waals surface area contributed by atoms with Gasteiger partial charge in [0.15, 0.2) is 0 Å². The van der Waals surface area contributed by atoms with E-state index in [0.717, 1.165) is 48.8 Å². The fourth-order valence-electron chi connectivity index (χ4n) is 5.42. The Morgan fingerprint density at radius 2 is 1.77 bits per heavy atom. The van der Waals surface area contributed by atoms with Gasteiger partial charge in [0.25, 0.3) is 0 Å². The van der Waals surface area contributed by atoms with Crippen LogP contribution >= 0.6 is 0 Å². The zero-order valence-corrected chi connectivity index (χ0v) is 17.8. The second-order valence-corrected chi connectivity index (χ2v) is 9.37. The van der Waals surface area contributed by atoms with E-state index in [-0.39, 0.29) is 11.8 Å². The van der Waals surface area contributed by atoms with E-state index >= 15 is 0 Å². The molecule has 5 rings (SSSR count). The van der Waals surface area contributed by atoms with Crippen molar-refractivity contribution in [2.45, 2.75) is 50.6 Å². The van der Waals surface area contributed by atoms with E-state index in [4.69, 9.17) is 9.97 Å². The Hall–Kier alpha value is -2.63.